The Balaban J connectivity index is 1.99. The molecule has 114 valence electrons. The number of halogens is 1. The van der Waals surface area contributed by atoms with Gasteiger partial charge in [-0.25, -0.2) is 4.39 Å². The molecule has 0 atom stereocenters. The molecule has 4 nitrogen and oxygen atoms in total. The van der Waals surface area contributed by atoms with E-state index in [-0.39, 0.29) is 5.82 Å². The second-order valence-corrected chi connectivity index (χ2v) is 6.70. The summed E-state index contributed by atoms with van der Waals surface area (Å²) in [6.45, 7) is 9.18. The first-order chi connectivity index (χ1) is 9.71. The standard InChI is InChI=1S/C15H21BFNO3/c1-14(2)15(3,4)21-16(20-14)10-8-12-13(9-11(10)17)19-7-6-18(12)5/h8-9H,6-7H2,1-5H3. The molecule has 0 N–H and O–H groups in total. The summed E-state index contributed by atoms with van der Waals surface area (Å²) in [6, 6.07) is 3.19. The van der Waals surface area contributed by atoms with E-state index in [1.165, 1.54) is 6.07 Å². The number of benzene rings is 1. The number of fused-ring (bicyclic) bond motifs is 1. The van der Waals surface area contributed by atoms with Gasteiger partial charge in [0.1, 0.15) is 18.2 Å². The molecule has 2 heterocycles. The van der Waals surface area contributed by atoms with Crippen LogP contribution in [0.25, 0.3) is 0 Å². The summed E-state index contributed by atoms with van der Waals surface area (Å²) >= 11 is 0. The van der Waals surface area contributed by atoms with Crippen LogP contribution in [0.1, 0.15) is 27.7 Å². The zero-order chi connectivity index (χ0) is 15.4. The van der Waals surface area contributed by atoms with Crippen LogP contribution in [-0.4, -0.2) is 38.5 Å². The van der Waals surface area contributed by atoms with Crippen LogP contribution in [0.3, 0.4) is 0 Å². The summed E-state index contributed by atoms with van der Waals surface area (Å²) in [7, 11) is 1.27. The molecule has 0 aromatic heterocycles. The SMILES string of the molecule is CN1CCOc2cc(F)c(B3OC(C)(C)C(C)(C)O3)cc21. The second kappa shape index (κ2) is 4.61. The Hall–Kier alpha value is -1.27. The number of rotatable bonds is 1. The number of hydrogen-bond acceptors (Lipinski definition) is 4. The minimum absolute atomic E-state index is 0.359. The van der Waals surface area contributed by atoms with E-state index in [0.717, 1.165) is 12.2 Å². The Bertz CT molecular complexity index is 560. The highest BCUT2D eigenvalue weighted by Crippen LogP contribution is 2.38. The van der Waals surface area contributed by atoms with Gasteiger partial charge < -0.3 is 18.9 Å². The molecule has 0 unspecified atom stereocenters. The lowest BCUT2D eigenvalue weighted by Crippen LogP contribution is -2.41. The lowest BCUT2D eigenvalue weighted by atomic mass is 9.78. The van der Waals surface area contributed by atoms with Gasteiger partial charge in [0.25, 0.3) is 0 Å². The molecule has 0 radical (unpaired) electrons. The monoisotopic (exact) mass is 293 g/mol. The Morgan fingerprint density at radius 2 is 1.76 bits per heavy atom. The van der Waals surface area contributed by atoms with E-state index in [2.05, 4.69) is 0 Å². The largest absolute Gasteiger partial charge is 0.497 e. The van der Waals surface area contributed by atoms with E-state index in [1.54, 1.807) is 6.07 Å². The number of ether oxygens (including phenoxy) is 1. The first-order valence-electron chi connectivity index (χ1n) is 7.24. The number of anilines is 1. The van der Waals surface area contributed by atoms with Gasteiger partial charge in [0.2, 0.25) is 0 Å². The lowest BCUT2D eigenvalue weighted by Gasteiger charge is -2.32. The van der Waals surface area contributed by atoms with Gasteiger partial charge in [0.15, 0.2) is 0 Å². The average molecular weight is 293 g/mol. The van der Waals surface area contributed by atoms with Crippen LogP contribution < -0.4 is 15.1 Å². The molecule has 1 fully saturated rings. The quantitative estimate of drug-likeness (QED) is 0.741. The van der Waals surface area contributed by atoms with E-state index < -0.39 is 18.3 Å². The Morgan fingerprint density at radius 1 is 1.14 bits per heavy atom. The zero-order valence-electron chi connectivity index (χ0n) is 13.2. The molecule has 0 spiro atoms. The average Bonchev–Trinajstić information content (AvgIpc) is 2.58. The molecule has 0 aliphatic carbocycles. The summed E-state index contributed by atoms with van der Waals surface area (Å²) in [4.78, 5) is 2.05. The maximum atomic E-state index is 14.4. The van der Waals surface area contributed by atoms with Crippen LogP contribution in [0.15, 0.2) is 12.1 Å². The third kappa shape index (κ3) is 2.30. The van der Waals surface area contributed by atoms with E-state index in [9.17, 15) is 4.39 Å². The lowest BCUT2D eigenvalue weighted by molar-refractivity contribution is 0.00578. The van der Waals surface area contributed by atoms with Crippen LogP contribution in [-0.2, 0) is 9.31 Å². The van der Waals surface area contributed by atoms with Gasteiger partial charge in [0, 0.05) is 18.6 Å². The highest BCUT2D eigenvalue weighted by atomic mass is 19.1. The van der Waals surface area contributed by atoms with E-state index >= 15 is 0 Å². The fraction of sp³-hybridized carbons (Fsp3) is 0.600. The third-order valence-electron chi connectivity index (χ3n) is 4.68. The predicted molar refractivity (Wildman–Crippen MR) is 80.9 cm³/mol. The van der Waals surface area contributed by atoms with Crippen molar-refractivity contribution in [3.05, 3.63) is 17.9 Å². The predicted octanol–water partition coefficient (Wildman–Crippen LogP) is 1.95. The molecule has 1 aromatic rings. The van der Waals surface area contributed by atoms with Crippen molar-refractivity contribution in [2.24, 2.45) is 0 Å². The topological polar surface area (TPSA) is 30.9 Å². The summed E-state index contributed by atoms with van der Waals surface area (Å²) in [5, 5.41) is 0. The maximum Gasteiger partial charge on any atom is 0.497 e. The Labute approximate surface area is 125 Å². The Kier molecular flexibility index (Phi) is 3.22. The van der Waals surface area contributed by atoms with Crippen molar-refractivity contribution in [1.29, 1.82) is 0 Å². The van der Waals surface area contributed by atoms with Crippen LogP contribution in [0, 0.1) is 5.82 Å². The van der Waals surface area contributed by atoms with Gasteiger partial charge >= 0.3 is 7.12 Å². The summed E-state index contributed by atoms with van der Waals surface area (Å²) < 4.78 is 31.8. The van der Waals surface area contributed by atoms with E-state index in [1.807, 2.05) is 39.6 Å². The molecule has 0 bridgehead atoms. The molecule has 3 rings (SSSR count). The molecule has 0 saturated carbocycles. The zero-order valence-corrected chi connectivity index (χ0v) is 13.2. The highest BCUT2D eigenvalue weighted by Gasteiger charge is 2.52. The second-order valence-electron chi connectivity index (χ2n) is 6.70. The molecule has 2 aliphatic rings. The van der Waals surface area contributed by atoms with Crippen molar-refractivity contribution in [3.8, 4) is 5.75 Å². The molecular weight excluding hydrogens is 272 g/mol. The summed E-state index contributed by atoms with van der Waals surface area (Å²) in [5.74, 6) is 0.212. The van der Waals surface area contributed by atoms with Gasteiger partial charge in [-0.3, -0.25) is 0 Å². The van der Waals surface area contributed by atoms with Crippen LogP contribution in [0.5, 0.6) is 5.75 Å². The van der Waals surface area contributed by atoms with Gasteiger partial charge in [-0.2, -0.15) is 0 Å². The Morgan fingerprint density at radius 3 is 2.38 bits per heavy atom. The van der Waals surface area contributed by atoms with Crippen LogP contribution in [0.4, 0.5) is 10.1 Å². The minimum atomic E-state index is -0.698. The van der Waals surface area contributed by atoms with Gasteiger partial charge in [0.05, 0.1) is 23.4 Å². The maximum absolute atomic E-state index is 14.4. The molecule has 0 amide bonds. The first-order valence-corrected chi connectivity index (χ1v) is 7.24. The highest BCUT2D eigenvalue weighted by molar-refractivity contribution is 6.62. The van der Waals surface area contributed by atoms with Crippen LogP contribution >= 0.6 is 0 Å². The third-order valence-corrected chi connectivity index (χ3v) is 4.68. The molecule has 1 aromatic carbocycles. The fourth-order valence-electron chi connectivity index (χ4n) is 2.54. The van der Waals surface area contributed by atoms with Crippen molar-refractivity contribution in [3.63, 3.8) is 0 Å². The van der Waals surface area contributed by atoms with Crippen molar-refractivity contribution >= 4 is 18.3 Å². The number of hydrogen-bond donors (Lipinski definition) is 0. The van der Waals surface area contributed by atoms with Gasteiger partial charge in [-0.1, -0.05) is 0 Å². The van der Waals surface area contributed by atoms with E-state index in [4.69, 9.17) is 14.0 Å². The summed E-state index contributed by atoms with van der Waals surface area (Å²) in [6.07, 6.45) is 0. The molecule has 21 heavy (non-hydrogen) atoms. The number of likely N-dealkylation sites (N-methyl/N-ethyl adjacent to an activating group) is 1. The normalized spacial score (nSPS) is 23.0. The van der Waals surface area contributed by atoms with Crippen molar-refractivity contribution < 1.29 is 18.4 Å². The van der Waals surface area contributed by atoms with Crippen molar-refractivity contribution in [1.82, 2.24) is 0 Å². The van der Waals surface area contributed by atoms with Gasteiger partial charge in [-0.15, -0.1) is 0 Å². The van der Waals surface area contributed by atoms with Crippen molar-refractivity contribution in [2.75, 3.05) is 25.1 Å². The molecular formula is C15H21BFNO3. The molecule has 1 saturated heterocycles. The van der Waals surface area contributed by atoms with Crippen molar-refractivity contribution in [2.45, 2.75) is 38.9 Å². The fourth-order valence-corrected chi connectivity index (χ4v) is 2.54. The van der Waals surface area contributed by atoms with Gasteiger partial charge in [-0.05, 0) is 33.8 Å². The molecule has 2 aliphatic heterocycles. The molecule has 6 heteroatoms. The smallest absolute Gasteiger partial charge is 0.489 e. The summed E-state index contributed by atoms with van der Waals surface area (Å²) in [5.41, 5.74) is 0.322. The number of nitrogens with zero attached hydrogens (tertiary/aromatic N) is 1. The first kappa shape index (κ1) is 14.7. The van der Waals surface area contributed by atoms with E-state index in [0.29, 0.717) is 17.8 Å². The minimum Gasteiger partial charge on any atom is -0.489 e. The van der Waals surface area contributed by atoms with Crippen LogP contribution in [0.2, 0.25) is 0 Å².